The van der Waals surface area contributed by atoms with E-state index in [0.717, 1.165) is 29.1 Å². The SMILES string of the molecule is CCN(Cc1ccc(N(C)C)cc1)C(=O)/C=C/c1c(C)nn(CC(C)C)c1Cl. The Morgan fingerprint density at radius 2 is 1.89 bits per heavy atom. The monoisotopic (exact) mass is 402 g/mol. The molecule has 0 aliphatic carbocycles. The molecule has 2 aromatic rings. The summed E-state index contributed by atoms with van der Waals surface area (Å²) in [5.41, 5.74) is 3.88. The van der Waals surface area contributed by atoms with Crippen LogP contribution in [0.5, 0.6) is 0 Å². The molecule has 0 N–H and O–H groups in total. The highest BCUT2D eigenvalue weighted by Crippen LogP contribution is 2.22. The molecule has 28 heavy (non-hydrogen) atoms. The first kappa shape index (κ1) is 22.0. The molecule has 0 aliphatic rings. The van der Waals surface area contributed by atoms with Crippen LogP contribution in [0.4, 0.5) is 5.69 Å². The number of benzene rings is 1. The van der Waals surface area contributed by atoms with Gasteiger partial charge in [0.25, 0.3) is 0 Å². The quantitative estimate of drug-likeness (QED) is 0.604. The van der Waals surface area contributed by atoms with Gasteiger partial charge in [0.2, 0.25) is 5.91 Å². The fraction of sp³-hybridized carbons (Fsp3) is 0.455. The smallest absolute Gasteiger partial charge is 0.246 e. The lowest BCUT2D eigenvalue weighted by molar-refractivity contribution is -0.126. The number of aryl methyl sites for hydroxylation is 1. The van der Waals surface area contributed by atoms with E-state index in [1.165, 1.54) is 0 Å². The molecule has 0 spiro atoms. The van der Waals surface area contributed by atoms with Crippen LogP contribution in [0.3, 0.4) is 0 Å². The summed E-state index contributed by atoms with van der Waals surface area (Å²) in [6, 6.07) is 8.25. The number of anilines is 1. The Balaban J connectivity index is 2.10. The van der Waals surface area contributed by atoms with Crippen molar-refractivity contribution in [1.29, 1.82) is 0 Å². The molecule has 2 rings (SSSR count). The fourth-order valence-corrected chi connectivity index (χ4v) is 3.26. The van der Waals surface area contributed by atoms with Crippen molar-refractivity contribution in [2.75, 3.05) is 25.5 Å². The van der Waals surface area contributed by atoms with Crippen molar-refractivity contribution in [1.82, 2.24) is 14.7 Å². The van der Waals surface area contributed by atoms with Crippen LogP contribution >= 0.6 is 11.6 Å². The molecule has 1 aromatic carbocycles. The van der Waals surface area contributed by atoms with Crippen molar-refractivity contribution in [3.63, 3.8) is 0 Å². The van der Waals surface area contributed by atoms with Gasteiger partial charge in [0, 0.05) is 51.1 Å². The van der Waals surface area contributed by atoms with Crippen molar-refractivity contribution < 1.29 is 4.79 Å². The molecule has 0 unspecified atom stereocenters. The van der Waals surface area contributed by atoms with E-state index in [-0.39, 0.29) is 5.91 Å². The zero-order valence-electron chi connectivity index (χ0n) is 17.7. The number of halogens is 1. The number of nitrogens with zero attached hydrogens (tertiary/aromatic N) is 4. The highest BCUT2D eigenvalue weighted by atomic mass is 35.5. The zero-order chi connectivity index (χ0) is 20.8. The van der Waals surface area contributed by atoms with Crippen molar-refractivity contribution >= 4 is 29.3 Å². The molecule has 0 bridgehead atoms. The standard InChI is InChI=1S/C22H31ClN4O/c1-7-26(15-18-8-10-19(11-9-18)25(5)6)21(28)13-12-20-17(4)24-27(22(20)23)14-16(2)3/h8-13,16H,7,14-15H2,1-6H3/b13-12+. The van der Waals surface area contributed by atoms with Crippen molar-refractivity contribution in [2.45, 2.75) is 40.8 Å². The largest absolute Gasteiger partial charge is 0.378 e. The van der Waals surface area contributed by atoms with Gasteiger partial charge in [-0.25, -0.2) is 0 Å². The van der Waals surface area contributed by atoms with Gasteiger partial charge in [0.05, 0.1) is 5.69 Å². The third-order valence-electron chi connectivity index (χ3n) is 4.56. The van der Waals surface area contributed by atoms with Gasteiger partial charge in [-0.15, -0.1) is 0 Å². The Morgan fingerprint density at radius 3 is 2.43 bits per heavy atom. The summed E-state index contributed by atoms with van der Waals surface area (Å²) in [4.78, 5) is 16.6. The van der Waals surface area contributed by atoms with Crippen molar-refractivity contribution in [3.8, 4) is 0 Å². The van der Waals surface area contributed by atoms with Crippen LogP contribution in [0, 0.1) is 12.8 Å². The molecule has 0 radical (unpaired) electrons. The number of carbonyl (C=O) groups excluding carboxylic acids is 1. The molecule has 1 heterocycles. The Labute approximate surface area is 173 Å². The van der Waals surface area contributed by atoms with E-state index in [9.17, 15) is 4.79 Å². The maximum atomic E-state index is 12.7. The Morgan fingerprint density at radius 1 is 1.25 bits per heavy atom. The zero-order valence-corrected chi connectivity index (χ0v) is 18.5. The molecule has 0 fully saturated rings. The van der Waals surface area contributed by atoms with Crippen molar-refractivity contribution in [2.24, 2.45) is 5.92 Å². The van der Waals surface area contributed by atoms with Gasteiger partial charge < -0.3 is 9.80 Å². The predicted octanol–water partition coefficient (Wildman–Crippen LogP) is 4.63. The normalized spacial score (nSPS) is 11.4. The molecule has 1 amide bonds. The van der Waals surface area contributed by atoms with Crippen molar-refractivity contribution in [3.05, 3.63) is 52.3 Å². The maximum absolute atomic E-state index is 12.7. The van der Waals surface area contributed by atoms with Crippen LogP contribution in [0.15, 0.2) is 30.3 Å². The van der Waals surface area contributed by atoms with E-state index in [1.807, 2.05) is 32.8 Å². The lowest BCUT2D eigenvalue weighted by atomic mass is 10.2. The summed E-state index contributed by atoms with van der Waals surface area (Å²) in [7, 11) is 4.02. The Kier molecular flexibility index (Phi) is 7.69. The van der Waals surface area contributed by atoms with Crippen LogP contribution in [0.2, 0.25) is 5.15 Å². The number of hydrogen-bond donors (Lipinski definition) is 0. The number of amides is 1. The molecule has 0 aliphatic heterocycles. The molecule has 0 saturated carbocycles. The van der Waals surface area contributed by atoms with E-state index in [0.29, 0.717) is 24.2 Å². The second-order valence-corrected chi connectivity index (χ2v) is 7.97. The minimum absolute atomic E-state index is 0.0359. The first-order valence-electron chi connectivity index (χ1n) is 9.69. The van der Waals surface area contributed by atoms with Gasteiger partial charge >= 0.3 is 0 Å². The lowest BCUT2D eigenvalue weighted by Crippen LogP contribution is -2.28. The number of rotatable bonds is 8. The number of carbonyl (C=O) groups is 1. The van der Waals surface area contributed by atoms with E-state index in [1.54, 1.807) is 16.8 Å². The summed E-state index contributed by atoms with van der Waals surface area (Å²) in [6.45, 7) is 10.1. The first-order valence-corrected chi connectivity index (χ1v) is 10.1. The minimum Gasteiger partial charge on any atom is -0.378 e. The predicted molar refractivity (Wildman–Crippen MR) is 118 cm³/mol. The second kappa shape index (κ2) is 9.78. The van der Waals surface area contributed by atoms with Crippen LogP contribution in [0.1, 0.15) is 37.6 Å². The molecule has 1 aromatic heterocycles. The van der Waals surface area contributed by atoms with E-state index < -0.39 is 0 Å². The van der Waals surface area contributed by atoms with Crippen LogP contribution in [-0.2, 0) is 17.9 Å². The van der Waals surface area contributed by atoms with Gasteiger partial charge in [-0.05, 0) is 43.5 Å². The summed E-state index contributed by atoms with van der Waals surface area (Å²) in [6.07, 6.45) is 3.37. The molecule has 0 atom stereocenters. The molecular formula is C22H31ClN4O. The highest BCUT2D eigenvalue weighted by molar-refractivity contribution is 6.31. The van der Waals surface area contributed by atoms with E-state index in [4.69, 9.17) is 11.6 Å². The topological polar surface area (TPSA) is 41.4 Å². The molecule has 5 nitrogen and oxygen atoms in total. The summed E-state index contributed by atoms with van der Waals surface area (Å²) >= 11 is 6.46. The van der Waals surface area contributed by atoms with Gasteiger partial charge in [-0.1, -0.05) is 37.6 Å². The van der Waals surface area contributed by atoms with Gasteiger partial charge in [0.1, 0.15) is 5.15 Å². The van der Waals surface area contributed by atoms with Crippen LogP contribution in [0.25, 0.3) is 6.08 Å². The average Bonchev–Trinajstić information content (AvgIpc) is 2.90. The molecule has 6 heteroatoms. The third-order valence-corrected chi connectivity index (χ3v) is 4.96. The summed E-state index contributed by atoms with van der Waals surface area (Å²) in [5, 5.41) is 5.07. The Hall–Kier alpha value is -2.27. The lowest BCUT2D eigenvalue weighted by Gasteiger charge is -2.20. The first-order chi connectivity index (χ1) is 13.2. The van der Waals surface area contributed by atoms with E-state index >= 15 is 0 Å². The Bertz CT molecular complexity index is 822. The molecule has 152 valence electrons. The van der Waals surface area contributed by atoms with Crippen LogP contribution in [-0.4, -0.2) is 41.2 Å². The van der Waals surface area contributed by atoms with Gasteiger partial charge in [0.15, 0.2) is 0 Å². The molecule has 0 saturated heterocycles. The minimum atomic E-state index is -0.0359. The number of hydrogen-bond acceptors (Lipinski definition) is 3. The number of likely N-dealkylation sites (N-methyl/N-ethyl adjacent to an activating group) is 1. The molecular weight excluding hydrogens is 372 g/mol. The fourth-order valence-electron chi connectivity index (χ4n) is 2.95. The highest BCUT2D eigenvalue weighted by Gasteiger charge is 2.14. The van der Waals surface area contributed by atoms with Gasteiger partial charge in [-0.2, -0.15) is 5.10 Å². The number of aromatic nitrogens is 2. The third kappa shape index (κ3) is 5.61. The van der Waals surface area contributed by atoms with Crippen LogP contribution < -0.4 is 4.90 Å². The van der Waals surface area contributed by atoms with E-state index in [2.05, 4.69) is 48.1 Å². The maximum Gasteiger partial charge on any atom is 0.246 e. The summed E-state index contributed by atoms with van der Waals surface area (Å²) in [5.74, 6) is 0.413. The average molecular weight is 403 g/mol. The summed E-state index contributed by atoms with van der Waals surface area (Å²) < 4.78 is 1.80. The second-order valence-electron chi connectivity index (χ2n) is 7.61. The van der Waals surface area contributed by atoms with Gasteiger partial charge in [-0.3, -0.25) is 9.48 Å².